The Morgan fingerprint density at radius 2 is 1.82 bits per heavy atom. The average Bonchev–Trinajstić information content (AvgIpc) is 3.22. The lowest BCUT2D eigenvalue weighted by Gasteiger charge is -2.58. The summed E-state index contributed by atoms with van der Waals surface area (Å²) in [7, 11) is 4.11. The predicted octanol–water partition coefficient (Wildman–Crippen LogP) is 5.51. The van der Waals surface area contributed by atoms with Gasteiger partial charge >= 0.3 is 6.09 Å². The molecule has 0 heterocycles. The van der Waals surface area contributed by atoms with E-state index in [1.807, 2.05) is 19.9 Å². The third-order valence-corrected chi connectivity index (χ3v) is 10.9. The van der Waals surface area contributed by atoms with Crippen LogP contribution in [0.5, 0.6) is 0 Å². The lowest BCUT2D eigenvalue weighted by atomic mass is 9.46. The number of hydrogen-bond acceptors (Lipinski definition) is 6. The zero-order chi connectivity index (χ0) is 27.7. The van der Waals surface area contributed by atoms with Crippen molar-refractivity contribution in [3.63, 3.8) is 0 Å². The number of carbonyl (C=O) groups is 2. The Hall–Kier alpha value is -1.73. The van der Waals surface area contributed by atoms with Gasteiger partial charge in [0.1, 0.15) is 0 Å². The van der Waals surface area contributed by atoms with E-state index in [1.165, 1.54) is 31.3 Å². The van der Waals surface area contributed by atoms with Gasteiger partial charge in [0.15, 0.2) is 5.78 Å². The van der Waals surface area contributed by atoms with E-state index in [9.17, 15) is 9.59 Å². The number of likely N-dealkylation sites (N-methyl/N-ethyl adjacent to an activating group) is 1. The molecule has 0 saturated heterocycles. The fourth-order valence-electron chi connectivity index (χ4n) is 8.66. The molecule has 1 amide bonds. The van der Waals surface area contributed by atoms with Gasteiger partial charge in [0, 0.05) is 44.6 Å². The molecule has 0 aliphatic heterocycles. The third-order valence-electron chi connectivity index (χ3n) is 10.9. The summed E-state index contributed by atoms with van der Waals surface area (Å²) in [4.78, 5) is 34.5. The van der Waals surface area contributed by atoms with Crippen LogP contribution < -0.4 is 5.32 Å². The highest BCUT2D eigenvalue weighted by atomic mass is 16.7. The summed E-state index contributed by atoms with van der Waals surface area (Å²) in [6, 6.07) is 0.0546. The van der Waals surface area contributed by atoms with E-state index in [0.29, 0.717) is 36.5 Å². The Labute approximate surface area is 230 Å². The van der Waals surface area contributed by atoms with Gasteiger partial charge in [0.2, 0.25) is 0 Å². The first-order valence-electron chi connectivity index (χ1n) is 15.1. The molecule has 0 spiro atoms. The second-order valence-electron chi connectivity index (χ2n) is 13.6. The third kappa shape index (κ3) is 5.74. The monoisotopic (exact) mass is 528 g/mol. The molecule has 3 fully saturated rings. The number of fused-ring (bicyclic) bond motifs is 5. The minimum Gasteiger partial charge on any atom is -0.314 e. The average molecular weight is 529 g/mol. The van der Waals surface area contributed by atoms with E-state index in [4.69, 9.17) is 4.84 Å². The van der Waals surface area contributed by atoms with Gasteiger partial charge in [0.25, 0.3) is 0 Å². The highest BCUT2D eigenvalue weighted by molar-refractivity contribution is 5.91. The molecule has 4 rings (SSSR count). The summed E-state index contributed by atoms with van der Waals surface area (Å²) < 4.78 is 0. The van der Waals surface area contributed by atoms with Crippen LogP contribution in [0.4, 0.5) is 4.79 Å². The minimum atomic E-state index is -0.358. The van der Waals surface area contributed by atoms with Crippen LogP contribution in [0, 0.1) is 34.5 Å². The number of oxime groups is 1. The van der Waals surface area contributed by atoms with E-state index in [1.54, 1.807) is 4.90 Å². The first-order chi connectivity index (χ1) is 18.0. The van der Waals surface area contributed by atoms with Crippen molar-refractivity contribution in [3.05, 3.63) is 11.6 Å². The van der Waals surface area contributed by atoms with Crippen molar-refractivity contribution in [2.45, 2.75) is 92.0 Å². The molecule has 7 heteroatoms. The second-order valence-corrected chi connectivity index (χ2v) is 13.6. The van der Waals surface area contributed by atoms with E-state index in [2.05, 4.69) is 50.2 Å². The molecule has 0 aromatic heterocycles. The lowest BCUT2D eigenvalue weighted by molar-refractivity contribution is -0.117. The molecule has 0 aromatic rings. The number of amides is 1. The van der Waals surface area contributed by atoms with Gasteiger partial charge in [-0.1, -0.05) is 24.6 Å². The molecule has 7 nitrogen and oxygen atoms in total. The van der Waals surface area contributed by atoms with E-state index in [0.717, 1.165) is 50.5 Å². The van der Waals surface area contributed by atoms with Crippen LogP contribution >= 0.6 is 0 Å². The topological polar surface area (TPSA) is 74.2 Å². The van der Waals surface area contributed by atoms with Crippen LogP contribution in [0.25, 0.3) is 0 Å². The largest absolute Gasteiger partial charge is 0.436 e. The van der Waals surface area contributed by atoms with Crippen molar-refractivity contribution in [3.8, 4) is 0 Å². The number of rotatable bonds is 9. The van der Waals surface area contributed by atoms with E-state index >= 15 is 0 Å². The minimum absolute atomic E-state index is 0.0546. The van der Waals surface area contributed by atoms with Gasteiger partial charge in [-0.3, -0.25) is 9.63 Å². The zero-order valence-electron chi connectivity index (χ0n) is 25.0. The summed E-state index contributed by atoms with van der Waals surface area (Å²) in [5.41, 5.74) is 2.81. The van der Waals surface area contributed by atoms with Crippen LogP contribution in [0.15, 0.2) is 16.8 Å². The molecular weight excluding hydrogens is 476 g/mol. The fourth-order valence-corrected chi connectivity index (χ4v) is 8.66. The van der Waals surface area contributed by atoms with E-state index < -0.39 is 0 Å². The van der Waals surface area contributed by atoms with Gasteiger partial charge in [-0.25, -0.2) is 4.79 Å². The number of nitrogens with one attached hydrogen (secondary N) is 1. The van der Waals surface area contributed by atoms with Crippen LogP contribution in [0.2, 0.25) is 0 Å². The van der Waals surface area contributed by atoms with Gasteiger partial charge < -0.3 is 15.1 Å². The van der Waals surface area contributed by atoms with Gasteiger partial charge in [-0.15, -0.1) is 0 Å². The standard InChI is InChI=1S/C31H52N4O3/c1-21(2)35(19-17-32-16-18-34(6)7)29(37)38-33-22(3)26-10-11-27-25-9-8-23-20-24(36)12-14-30(23,4)28(25)13-15-31(26,27)5/h20-21,25-28,32H,8-19H2,1-7H3/b33-22+/t25-,26+,27-,28-,30-,31+/m0/s1. The molecular formula is C31H52N4O3. The Morgan fingerprint density at radius 1 is 1.08 bits per heavy atom. The maximum atomic E-state index is 13.0. The normalized spacial score (nSPS) is 35.0. The SMILES string of the molecule is C/C(=N\OC(=O)N(CCNCCN(C)C)C(C)C)[C@H]1CC[C@H]2[C@@H]3CCC4=CC(=O)CC[C@]4(C)[C@H]3CC[C@]12C. The Bertz CT molecular complexity index is 943. The van der Waals surface area contributed by atoms with Crippen LogP contribution in [-0.2, 0) is 9.63 Å². The maximum absolute atomic E-state index is 13.0. The molecule has 0 radical (unpaired) electrons. The number of carbonyl (C=O) groups excluding carboxylic acids is 2. The summed E-state index contributed by atoms with van der Waals surface area (Å²) in [5, 5.41) is 7.86. The van der Waals surface area contributed by atoms with Gasteiger partial charge in [-0.2, -0.15) is 0 Å². The summed E-state index contributed by atoms with van der Waals surface area (Å²) in [5.74, 6) is 2.78. The Morgan fingerprint density at radius 3 is 2.53 bits per heavy atom. The second kappa shape index (κ2) is 11.8. The fraction of sp³-hybridized carbons (Fsp3) is 0.839. The summed E-state index contributed by atoms with van der Waals surface area (Å²) >= 11 is 0. The molecule has 0 aromatic carbocycles. The molecule has 4 aliphatic carbocycles. The molecule has 6 atom stereocenters. The quantitative estimate of drug-likeness (QED) is 0.185. The molecule has 3 saturated carbocycles. The van der Waals surface area contributed by atoms with E-state index in [-0.39, 0.29) is 23.0 Å². The number of allylic oxidation sites excluding steroid dienone is 1. The first kappa shape index (κ1) is 29.3. The van der Waals surface area contributed by atoms with Gasteiger partial charge in [0.05, 0.1) is 5.71 Å². The number of hydrogen-bond donors (Lipinski definition) is 1. The zero-order valence-corrected chi connectivity index (χ0v) is 25.0. The van der Waals surface area contributed by atoms with Crippen LogP contribution in [0.3, 0.4) is 0 Å². The number of nitrogens with zero attached hydrogens (tertiary/aromatic N) is 3. The van der Waals surface area contributed by atoms with Gasteiger partial charge in [-0.05, 0) is 114 Å². The highest BCUT2D eigenvalue weighted by Gasteiger charge is 2.59. The molecule has 4 aliphatic rings. The first-order valence-corrected chi connectivity index (χ1v) is 15.1. The molecule has 38 heavy (non-hydrogen) atoms. The Balaban J connectivity index is 1.38. The maximum Gasteiger partial charge on any atom is 0.436 e. The van der Waals surface area contributed by atoms with Crippen molar-refractivity contribution < 1.29 is 14.4 Å². The number of ketones is 1. The van der Waals surface area contributed by atoms with Crippen molar-refractivity contribution in [2.75, 3.05) is 40.3 Å². The molecule has 214 valence electrons. The lowest BCUT2D eigenvalue weighted by Crippen LogP contribution is -2.51. The van der Waals surface area contributed by atoms with Crippen molar-refractivity contribution in [1.82, 2.24) is 15.1 Å². The summed E-state index contributed by atoms with van der Waals surface area (Å²) in [6.07, 6.45) is 10.4. The van der Waals surface area contributed by atoms with Crippen LogP contribution in [-0.4, -0.2) is 73.7 Å². The molecule has 0 bridgehead atoms. The smallest absolute Gasteiger partial charge is 0.314 e. The molecule has 0 unspecified atom stereocenters. The molecule has 1 N–H and O–H groups in total. The Kier molecular flexibility index (Phi) is 9.08. The van der Waals surface area contributed by atoms with Crippen molar-refractivity contribution >= 4 is 17.6 Å². The summed E-state index contributed by atoms with van der Waals surface area (Å²) in [6.45, 7) is 14.2. The van der Waals surface area contributed by atoms with Crippen LogP contribution in [0.1, 0.15) is 86.0 Å². The highest BCUT2D eigenvalue weighted by Crippen LogP contribution is 2.66. The van der Waals surface area contributed by atoms with Crippen molar-refractivity contribution in [1.29, 1.82) is 0 Å². The predicted molar refractivity (Wildman–Crippen MR) is 153 cm³/mol. The van der Waals surface area contributed by atoms with Crippen molar-refractivity contribution in [2.24, 2.45) is 39.7 Å².